The quantitative estimate of drug-likeness (QED) is 0.444. The molecular weight excluding hydrogens is 342 g/mol. The van der Waals surface area contributed by atoms with E-state index >= 15 is 0 Å². The summed E-state index contributed by atoms with van der Waals surface area (Å²) in [5, 5.41) is 11.6. The summed E-state index contributed by atoms with van der Waals surface area (Å²) in [4.78, 5) is 1.14. The van der Waals surface area contributed by atoms with Crippen molar-refractivity contribution in [2.75, 3.05) is 19.5 Å². The van der Waals surface area contributed by atoms with Crippen LogP contribution in [0.3, 0.4) is 0 Å². The van der Waals surface area contributed by atoms with Crippen molar-refractivity contribution in [2.45, 2.75) is 18.6 Å². The number of methoxy groups -OCH3 is 1. The molecule has 0 radical (unpaired) electrons. The van der Waals surface area contributed by atoms with Crippen molar-refractivity contribution < 1.29 is 9.47 Å². The van der Waals surface area contributed by atoms with Gasteiger partial charge in [-0.1, -0.05) is 17.8 Å². The van der Waals surface area contributed by atoms with Crippen molar-refractivity contribution in [1.29, 1.82) is 0 Å². The van der Waals surface area contributed by atoms with Gasteiger partial charge in [0.25, 0.3) is 0 Å². The highest BCUT2D eigenvalue weighted by Gasteiger charge is 2.13. The third kappa shape index (κ3) is 3.91. The van der Waals surface area contributed by atoms with Gasteiger partial charge in [0.2, 0.25) is 0 Å². The lowest BCUT2D eigenvalue weighted by molar-refractivity contribution is 0.342. The van der Waals surface area contributed by atoms with E-state index in [1.807, 2.05) is 30.3 Å². The lowest BCUT2D eigenvalue weighted by Crippen LogP contribution is -2.03. The van der Waals surface area contributed by atoms with Crippen LogP contribution in [0.5, 0.6) is 11.5 Å². The molecule has 0 amide bonds. The standard InChI is InChI=1S/C17H19N3O2S2/c1-3-20-16(15-5-4-11-23-15)18-19-17(20)24-12-10-22-14-8-6-13(21-2)7-9-14/h4-9,11H,3,10,12H2,1-2H3. The van der Waals surface area contributed by atoms with Gasteiger partial charge in [-0.25, -0.2) is 0 Å². The molecule has 0 aliphatic carbocycles. The zero-order valence-electron chi connectivity index (χ0n) is 13.6. The molecule has 0 spiro atoms. The largest absolute Gasteiger partial charge is 0.497 e. The average Bonchev–Trinajstić information content (AvgIpc) is 3.28. The number of rotatable bonds is 8. The van der Waals surface area contributed by atoms with E-state index < -0.39 is 0 Å². The van der Waals surface area contributed by atoms with Gasteiger partial charge < -0.3 is 14.0 Å². The van der Waals surface area contributed by atoms with Crippen LogP contribution in [0, 0.1) is 0 Å². The summed E-state index contributed by atoms with van der Waals surface area (Å²) < 4.78 is 13.0. The van der Waals surface area contributed by atoms with Crippen molar-refractivity contribution in [3.63, 3.8) is 0 Å². The molecule has 2 heterocycles. The predicted octanol–water partition coefficient (Wildman–Crippen LogP) is 4.21. The maximum Gasteiger partial charge on any atom is 0.191 e. The fourth-order valence-corrected chi connectivity index (χ4v) is 3.77. The number of thioether (sulfide) groups is 1. The molecule has 3 aromatic rings. The first-order valence-corrected chi connectivity index (χ1v) is 9.55. The number of hydrogen-bond donors (Lipinski definition) is 0. The van der Waals surface area contributed by atoms with Crippen LogP contribution in [0.2, 0.25) is 0 Å². The number of hydrogen-bond acceptors (Lipinski definition) is 6. The first kappa shape index (κ1) is 16.9. The Balaban J connectivity index is 1.55. The van der Waals surface area contributed by atoms with E-state index in [0.717, 1.165) is 39.7 Å². The van der Waals surface area contributed by atoms with Crippen molar-refractivity contribution in [1.82, 2.24) is 14.8 Å². The first-order valence-electron chi connectivity index (χ1n) is 7.68. The van der Waals surface area contributed by atoms with Crippen LogP contribution in [0.15, 0.2) is 46.9 Å². The minimum atomic E-state index is 0.613. The molecule has 126 valence electrons. The molecule has 0 fully saturated rings. The predicted molar refractivity (Wildman–Crippen MR) is 98.2 cm³/mol. The molecule has 0 N–H and O–H groups in total. The van der Waals surface area contributed by atoms with Gasteiger partial charge in [-0.2, -0.15) is 0 Å². The van der Waals surface area contributed by atoms with Crippen LogP contribution in [0.1, 0.15) is 6.92 Å². The van der Waals surface area contributed by atoms with E-state index in [4.69, 9.17) is 9.47 Å². The van der Waals surface area contributed by atoms with E-state index in [1.165, 1.54) is 0 Å². The molecule has 2 aromatic heterocycles. The van der Waals surface area contributed by atoms with E-state index in [0.29, 0.717) is 6.61 Å². The fraction of sp³-hybridized carbons (Fsp3) is 0.294. The normalized spacial score (nSPS) is 10.8. The molecule has 7 heteroatoms. The summed E-state index contributed by atoms with van der Waals surface area (Å²) in [7, 11) is 1.65. The Hall–Kier alpha value is -1.99. The maximum atomic E-state index is 5.75. The molecule has 0 saturated heterocycles. The minimum absolute atomic E-state index is 0.613. The third-order valence-corrected chi connectivity index (χ3v) is 5.21. The summed E-state index contributed by atoms with van der Waals surface area (Å²) in [6.45, 7) is 3.57. The topological polar surface area (TPSA) is 49.2 Å². The minimum Gasteiger partial charge on any atom is -0.497 e. The SMILES string of the molecule is CCn1c(SCCOc2ccc(OC)cc2)nnc1-c1cccs1. The number of nitrogens with zero attached hydrogens (tertiary/aromatic N) is 3. The maximum absolute atomic E-state index is 5.75. The van der Waals surface area contributed by atoms with Gasteiger partial charge in [0.05, 0.1) is 18.6 Å². The van der Waals surface area contributed by atoms with E-state index in [2.05, 4.69) is 33.1 Å². The molecule has 24 heavy (non-hydrogen) atoms. The monoisotopic (exact) mass is 361 g/mol. The molecule has 1 aromatic carbocycles. The van der Waals surface area contributed by atoms with Crippen LogP contribution in [-0.2, 0) is 6.54 Å². The highest BCUT2D eigenvalue weighted by molar-refractivity contribution is 7.99. The van der Waals surface area contributed by atoms with Gasteiger partial charge >= 0.3 is 0 Å². The Kier molecular flexibility index (Phi) is 5.77. The number of ether oxygens (including phenoxy) is 2. The molecule has 0 aliphatic rings. The second-order valence-corrected chi connectivity index (χ2v) is 6.91. The summed E-state index contributed by atoms with van der Waals surface area (Å²) in [6, 6.07) is 11.7. The van der Waals surface area contributed by atoms with Gasteiger partial charge in [0.1, 0.15) is 11.5 Å². The van der Waals surface area contributed by atoms with Crippen molar-refractivity contribution >= 4 is 23.1 Å². The van der Waals surface area contributed by atoms with Gasteiger partial charge in [-0.3, -0.25) is 0 Å². The van der Waals surface area contributed by atoms with Crippen LogP contribution in [-0.4, -0.2) is 34.2 Å². The molecule has 0 unspecified atom stereocenters. The Morgan fingerprint density at radius 3 is 2.58 bits per heavy atom. The Morgan fingerprint density at radius 1 is 1.12 bits per heavy atom. The first-order chi connectivity index (χ1) is 11.8. The lowest BCUT2D eigenvalue weighted by atomic mass is 10.3. The summed E-state index contributed by atoms with van der Waals surface area (Å²) in [5.41, 5.74) is 0. The highest BCUT2D eigenvalue weighted by Crippen LogP contribution is 2.27. The zero-order chi connectivity index (χ0) is 16.8. The summed E-state index contributed by atoms with van der Waals surface area (Å²) in [5.74, 6) is 3.42. The number of benzene rings is 1. The molecule has 5 nitrogen and oxygen atoms in total. The van der Waals surface area contributed by atoms with Crippen molar-refractivity contribution in [3.8, 4) is 22.2 Å². The molecule has 0 aliphatic heterocycles. The van der Waals surface area contributed by atoms with Gasteiger partial charge in [-0.05, 0) is 42.6 Å². The molecule has 0 saturated carbocycles. The van der Waals surface area contributed by atoms with E-state index in [-0.39, 0.29) is 0 Å². The van der Waals surface area contributed by atoms with Gasteiger partial charge in [-0.15, -0.1) is 21.5 Å². The van der Waals surface area contributed by atoms with Crippen molar-refractivity contribution in [3.05, 3.63) is 41.8 Å². The molecule has 3 rings (SSSR count). The smallest absolute Gasteiger partial charge is 0.191 e. The summed E-state index contributed by atoms with van der Waals surface area (Å²) >= 11 is 3.34. The fourth-order valence-electron chi connectivity index (χ4n) is 2.23. The molecular formula is C17H19N3O2S2. The zero-order valence-corrected chi connectivity index (χ0v) is 15.3. The van der Waals surface area contributed by atoms with Gasteiger partial charge in [0.15, 0.2) is 11.0 Å². The van der Waals surface area contributed by atoms with Crippen LogP contribution in [0.25, 0.3) is 10.7 Å². The van der Waals surface area contributed by atoms with E-state index in [9.17, 15) is 0 Å². The molecule has 0 atom stereocenters. The second-order valence-electron chi connectivity index (χ2n) is 4.90. The summed E-state index contributed by atoms with van der Waals surface area (Å²) in [6.07, 6.45) is 0. The van der Waals surface area contributed by atoms with Crippen molar-refractivity contribution in [2.24, 2.45) is 0 Å². The second kappa shape index (κ2) is 8.21. The van der Waals surface area contributed by atoms with Crippen LogP contribution in [0.4, 0.5) is 0 Å². The Labute approximate surface area is 149 Å². The number of aromatic nitrogens is 3. The van der Waals surface area contributed by atoms with Crippen LogP contribution >= 0.6 is 23.1 Å². The Morgan fingerprint density at radius 2 is 1.92 bits per heavy atom. The average molecular weight is 361 g/mol. The number of thiophene rings is 1. The Bertz CT molecular complexity index is 755. The van der Waals surface area contributed by atoms with E-state index in [1.54, 1.807) is 30.2 Å². The lowest BCUT2D eigenvalue weighted by Gasteiger charge is -2.08. The van der Waals surface area contributed by atoms with Gasteiger partial charge in [0, 0.05) is 12.3 Å². The van der Waals surface area contributed by atoms with Crippen LogP contribution < -0.4 is 9.47 Å². The highest BCUT2D eigenvalue weighted by atomic mass is 32.2. The molecule has 0 bridgehead atoms. The third-order valence-electron chi connectivity index (χ3n) is 3.42.